The molecule has 15 heavy (non-hydrogen) atoms. The third kappa shape index (κ3) is 2.59. The highest BCUT2D eigenvalue weighted by Gasteiger charge is 2.20. The van der Waals surface area contributed by atoms with Crippen molar-refractivity contribution in [3.63, 3.8) is 0 Å². The number of hydrogen-bond donors (Lipinski definition) is 1. The van der Waals surface area contributed by atoms with Gasteiger partial charge in [-0.1, -0.05) is 6.92 Å². The topological polar surface area (TPSA) is 43.4 Å². The summed E-state index contributed by atoms with van der Waals surface area (Å²) in [4.78, 5) is 4.18. The van der Waals surface area contributed by atoms with E-state index in [9.17, 15) is 0 Å². The van der Waals surface area contributed by atoms with Crippen molar-refractivity contribution in [3.05, 3.63) is 18.3 Å². The first kappa shape index (κ1) is 10.2. The molecular formula is C11H16N2O2. The molecule has 0 aliphatic carbocycles. The van der Waals surface area contributed by atoms with Crippen LogP contribution in [0.5, 0.6) is 11.6 Å². The second-order valence-corrected chi connectivity index (χ2v) is 3.55. The van der Waals surface area contributed by atoms with Crippen LogP contribution in [0.2, 0.25) is 0 Å². The number of hydrogen-bond acceptors (Lipinski definition) is 4. The summed E-state index contributed by atoms with van der Waals surface area (Å²) in [7, 11) is 0. The average molecular weight is 208 g/mol. The SMILES string of the molecule is CCCOc1cccnc1OC1CNC1. The van der Waals surface area contributed by atoms with Gasteiger partial charge < -0.3 is 14.8 Å². The van der Waals surface area contributed by atoms with Crippen molar-refractivity contribution < 1.29 is 9.47 Å². The fraction of sp³-hybridized carbons (Fsp3) is 0.545. The Bertz CT molecular complexity index is 313. The maximum Gasteiger partial charge on any atom is 0.257 e. The van der Waals surface area contributed by atoms with Gasteiger partial charge in [0.05, 0.1) is 6.61 Å². The van der Waals surface area contributed by atoms with Crippen LogP contribution in [0.4, 0.5) is 0 Å². The van der Waals surface area contributed by atoms with Gasteiger partial charge in [0.15, 0.2) is 5.75 Å². The molecule has 82 valence electrons. The molecule has 1 fully saturated rings. The van der Waals surface area contributed by atoms with E-state index in [2.05, 4.69) is 17.2 Å². The van der Waals surface area contributed by atoms with Crippen LogP contribution in [-0.4, -0.2) is 30.8 Å². The molecule has 2 rings (SSSR count). The lowest BCUT2D eigenvalue weighted by molar-refractivity contribution is 0.129. The Morgan fingerprint density at radius 1 is 1.53 bits per heavy atom. The minimum absolute atomic E-state index is 0.240. The molecule has 0 radical (unpaired) electrons. The molecule has 0 aromatic carbocycles. The Balaban J connectivity index is 1.99. The highest BCUT2D eigenvalue weighted by atomic mass is 16.5. The molecule has 4 heteroatoms. The molecule has 0 spiro atoms. The van der Waals surface area contributed by atoms with E-state index in [0.29, 0.717) is 12.5 Å². The number of nitrogens with zero attached hydrogens (tertiary/aromatic N) is 1. The maximum absolute atomic E-state index is 5.68. The van der Waals surface area contributed by atoms with E-state index in [0.717, 1.165) is 25.3 Å². The number of aromatic nitrogens is 1. The minimum atomic E-state index is 0.240. The molecule has 1 saturated heterocycles. The van der Waals surface area contributed by atoms with E-state index in [1.807, 2.05) is 12.1 Å². The summed E-state index contributed by atoms with van der Waals surface area (Å²) in [6.45, 7) is 4.56. The molecule has 0 bridgehead atoms. The van der Waals surface area contributed by atoms with Crippen molar-refractivity contribution >= 4 is 0 Å². The summed E-state index contributed by atoms with van der Waals surface area (Å²) >= 11 is 0. The van der Waals surface area contributed by atoms with Gasteiger partial charge in [0.25, 0.3) is 5.88 Å². The highest BCUT2D eigenvalue weighted by molar-refractivity contribution is 5.32. The standard InChI is InChI=1S/C11H16N2O2/c1-2-6-14-10-4-3-5-13-11(10)15-9-7-12-8-9/h3-5,9,12H,2,6-8H2,1H3. The van der Waals surface area contributed by atoms with Gasteiger partial charge in [0.2, 0.25) is 0 Å². The molecule has 1 aliphatic rings. The van der Waals surface area contributed by atoms with E-state index >= 15 is 0 Å². The lowest BCUT2D eigenvalue weighted by Gasteiger charge is -2.27. The zero-order valence-electron chi connectivity index (χ0n) is 8.90. The van der Waals surface area contributed by atoms with Crippen LogP contribution in [0.25, 0.3) is 0 Å². The number of rotatable bonds is 5. The molecule has 0 atom stereocenters. The third-order valence-corrected chi connectivity index (χ3v) is 2.22. The van der Waals surface area contributed by atoms with E-state index in [1.54, 1.807) is 6.20 Å². The smallest absolute Gasteiger partial charge is 0.257 e. The van der Waals surface area contributed by atoms with Gasteiger partial charge in [-0.15, -0.1) is 0 Å². The molecule has 1 aromatic rings. The van der Waals surface area contributed by atoms with E-state index < -0.39 is 0 Å². The Morgan fingerprint density at radius 2 is 2.40 bits per heavy atom. The Kier molecular flexibility index (Phi) is 3.40. The molecular weight excluding hydrogens is 192 g/mol. The second-order valence-electron chi connectivity index (χ2n) is 3.55. The van der Waals surface area contributed by atoms with Crippen LogP contribution >= 0.6 is 0 Å². The Morgan fingerprint density at radius 3 is 3.07 bits per heavy atom. The van der Waals surface area contributed by atoms with Crippen LogP contribution in [0.15, 0.2) is 18.3 Å². The highest BCUT2D eigenvalue weighted by Crippen LogP contribution is 2.25. The van der Waals surface area contributed by atoms with Gasteiger partial charge in [-0.05, 0) is 18.6 Å². The fourth-order valence-corrected chi connectivity index (χ4v) is 1.29. The van der Waals surface area contributed by atoms with Crippen LogP contribution in [0, 0.1) is 0 Å². The predicted molar refractivity (Wildman–Crippen MR) is 57.3 cm³/mol. The summed E-state index contributed by atoms with van der Waals surface area (Å²) in [6.07, 6.45) is 2.95. The summed E-state index contributed by atoms with van der Waals surface area (Å²) < 4.78 is 11.2. The zero-order valence-corrected chi connectivity index (χ0v) is 8.90. The van der Waals surface area contributed by atoms with Gasteiger partial charge in [-0.25, -0.2) is 4.98 Å². The van der Waals surface area contributed by atoms with E-state index in [4.69, 9.17) is 9.47 Å². The molecule has 1 aromatic heterocycles. The van der Waals surface area contributed by atoms with Crippen molar-refractivity contribution in [1.82, 2.24) is 10.3 Å². The Labute approximate surface area is 89.6 Å². The van der Waals surface area contributed by atoms with Crippen LogP contribution in [-0.2, 0) is 0 Å². The molecule has 1 aliphatic heterocycles. The molecule has 2 heterocycles. The zero-order chi connectivity index (χ0) is 10.5. The predicted octanol–water partition coefficient (Wildman–Crippen LogP) is 1.22. The van der Waals surface area contributed by atoms with Crippen LogP contribution in [0.3, 0.4) is 0 Å². The van der Waals surface area contributed by atoms with Gasteiger partial charge >= 0.3 is 0 Å². The summed E-state index contributed by atoms with van der Waals surface area (Å²) in [5.74, 6) is 1.35. The number of nitrogens with one attached hydrogen (secondary N) is 1. The molecule has 0 amide bonds. The molecule has 1 N–H and O–H groups in total. The van der Waals surface area contributed by atoms with Crippen LogP contribution in [0.1, 0.15) is 13.3 Å². The van der Waals surface area contributed by atoms with Crippen molar-refractivity contribution in [1.29, 1.82) is 0 Å². The molecule has 4 nitrogen and oxygen atoms in total. The number of ether oxygens (including phenoxy) is 2. The van der Waals surface area contributed by atoms with E-state index in [-0.39, 0.29) is 6.10 Å². The third-order valence-electron chi connectivity index (χ3n) is 2.22. The largest absolute Gasteiger partial charge is 0.488 e. The van der Waals surface area contributed by atoms with Crippen LogP contribution < -0.4 is 14.8 Å². The lowest BCUT2D eigenvalue weighted by atomic mass is 10.2. The first-order valence-corrected chi connectivity index (χ1v) is 5.35. The summed E-state index contributed by atoms with van der Waals surface area (Å²) in [5, 5.41) is 3.15. The number of pyridine rings is 1. The van der Waals surface area contributed by atoms with Gasteiger partial charge in [0.1, 0.15) is 6.10 Å². The normalized spacial score (nSPS) is 15.8. The average Bonchev–Trinajstić information content (AvgIpc) is 2.22. The fourth-order valence-electron chi connectivity index (χ4n) is 1.29. The maximum atomic E-state index is 5.68. The van der Waals surface area contributed by atoms with Crippen molar-refractivity contribution in [2.75, 3.05) is 19.7 Å². The van der Waals surface area contributed by atoms with Crippen molar-refractivity contribution in [2.45, 2.75) is 19.4 Å². The monoisotopic (exact) mass is 208 g/mol. The van der Waals surface area contributed by atoms with Gasteiger partial charge in [0, 0.05) is 19.3 Å². The Hall–Kier alpha value is -1.29. The van der Waals surface area contributed by atoms with Gasteiger partial charge in [-0.2, -0.15) is 0 Å². The summed E-state index contributed by atoms with van der Waals surface area (Å²) in [5.41, 5.74) is 0. The summed E-state index contributed by atoms with van der Waals surface area (Å²) in [6, 6.07) is 3.75. The van der Waals surface area contributed by atoms with Gasteiger partial charge in [-0.3, -0.25) is 0 Å². The molecule has 0 saturated carbocycles. The van der Waals surface area contributed by atoms with Crippen molar-refractivity contribution in [2.24, 2.45) is 0 Å². The minimum Gasteiger partial charge on any atom is -0.488 e. The second kappa shape index (κ2) is 4.98. The van der Waals surface area contributed by atoms with E-state index in [1.165, 1.54) is 0 Å². The first-order valence-electron chi connectivity index (χ1n) is 5.35. The lowest BCUT2D eigenvalue weighted by Crippen LogP contribution is -2.50. The quantitative estimate of drug-likeness (QED) is 0.790. The molecule has 0 unspecified atom stereocenters. The first-order chi connectivity index (χ1) is 7.40. The van der Waals surface area contributed by atoms with Crippen molar-refractivity contribution in [3.8, 4) is 11.6 Å².